The lowest BCUT2D eigenvalue weighted by atomic mass is 10.1. The Balaban J connectivity index is 1.48. The molecule has 1 aliphatic rings. The summed E-state index contributed by atoms with van der Waals surface area (Å²) >= 11 is 0. The molecule has 1 fully saturated rings. The minimum Gasteiger partial charge on any atom is -0.497 e. The topological polar surface area (TPSA) is 77.4 Å². The van der Waals surface area contributed by atoms with Crippen molar-refractivity contribution in [2.75, 3.05) is 25.6 Å². The van der Waals surface area contributed by atoms with Crippen LogP contribution >= 0.6 is 0 Å². The molecule has 0 spiro atoms. The molecule has 1 aromatic heterocycles. The largest absolute Gasteiger partial charge is 0.497 e. The minimum absolute atomic E-state index is 0.252. The molecule has 0 radical (unpaired) electrons. The van der Waals surface area contributed by atoms with Gasteiger partial charge in [0.2, 0.25) is 0 Å². The average Bonchev–Trinajstić information content (AvgIpc) is 3.09. The second kappa shape index (κ2) is 7.83. The summed E-state index contributed by atoms with van der Waals surface area (Å²) in [5.74, 6) is 0.795. The lowest BCUT2D eigenvalue weighted by molar-refractivity contribution is 0.0662. The predicted octanol–water partition coefficient (Wildman–Crippen LogP) is 2.56. The zero-order chi connectivity index (χ0) is 16.8. The molecule has 24 heavy (non-hydrogen) atoms. The quantitative estimate of drug-likeness (QED) is 0.883. The van der Waals surface area contributed by atoms with Crippen LogP contribution in [0, 0.1) is 0 Å². The fourth-order valence-electron chi connectivity index (χ4n) is 2.65. The number of hydrogen-bond acceptors (Lipinski definition) is 4. The van der Waals surface area contributed by atoms with Gasteiger partial charge in [-0.25, -0.2) is 4.79 Å². The van der Waals surface area contributed by atoms with Crippen LogP contribution in [0.1, 0.15) is 24.4 Å². The Morgan fingerprint density at radius 2 is 2.08 bits per heavy atom. The number of methoxy groups -OCH3 is 1. The first-order valence-electron chi connectivity index (χ1n) is 8.04. The first-order valence-corrected chi connectivity index (χ1v) is 8.04. The summed E-state index contributed by atoms with van der Waals surface area (Å²) in [5, 5.41) is 9.97. The third-order valence-corrected chi connectivity index (χ3v) is 4.04. The van der Waals surface area contributed by atoms with E-state index in [1.807, 2.05) is 35.1 Å². The van der Waals surface area contributed by atoms with Crippen LogP contribution in [0.25, 0.3) is 0 Å². The molecular weight excluding hydrogens is 308 g/mol. The highest BCUT2D eigenvalue weighted by atomic mass is 16.5. The Hall–Kier alpha value is -2.54. The number of nitrogens with one attached hydrogen (secondary N) is 2. The van der Waals surface area contributed by atoms with Gasteiger partial charge in [0.15, 0.2) is 0 Å². The van der Waals surface area contributed by atoms with Gasteiger partial charge in [0.05, 0.1) is 25.0 Å². The van der Waals surface area contributed by atoms with Crippen molar-refractivity contribution in [3.8, 4) is 5.75 Å². The molecule has 1 aliphatic heterocycles. The Morgan fingerprint density at radius 1 is 1.33 bits per heavy atom. The van der Waals surface area contributed by atoms with Gasteiger partial charge in [-0.15, -0.1) is 0 Å². The lowest BCUT2D eigenvalue weighted by Crippen LogP contribution is -2.28. The van der Waals surface area contributed by atoms with E-state index < -0.39 is 0 Å². The van der Waals surface area contributed by atoms with E-state index >= 15 is 0 Å². The number of benzene rings is 1. The van der Waals surface area contributed by atoms with E-state index in [2.05, 4.69) is 15.7 Å². The van der Waals surface area contributed by atoms with Crippen molar-refractivity contribution in [3.05, 3.63) is 42.2 Å². The fourth-order valence-corrected chi connectivity index (χ4v) is 2.65. The van der Waals surface area contributed by atoms with Crippen molar-refractivity contribution in [2.45, 2.75) is 25.4 Å². The highest BCUT2D eigenvalue weighted by Crippen LogP contribution is 2.21. The summed E-state index contributed by atoms with van der Waals surface area (Å²) in [6.45, 7) is 1.97. The minimum atomic E-state index is -0.252. The van der Waals surface area contributed by atoms with E-state index in [0.29, 0.717) is 18.3 Å². The van der Waals surface area contributed by atoms with Gasteiger partial charge in [-0.3, -0.25) is 4.68 Å². The molecule has 0 bridgehead atoms. The molecule has 0 unspecified atom stereocenters. The Bertz CT molecular complexity index is 663. The number of ether oxygens (including phenoxy) is 2. The maximum atomic E-state index is 12.0. The summed E-state index contributed by atoms with van der Waals surface area (Å²) in [4.78, 5) is 12.0. The number of rotatable bonds is 5. The molecular formula is C17H22N4O3. The van der Waals surface area contributed by atoms with Gasteiger partial charge in [0.25, 0.3) is 0 Å². The van der Waals surface area contributed by atoms with Crippen LogP contribution in [0.2, 0.25) is 0 Å². The van der Waals surface area contributed by atoms with Crippen LogP contribution in [-0.2, 0) is 11.3 Å². The molecule has 1 saturated heterocycles. The molecule has 0 atom stereocenters. The third kappa shape index (κ3) is 4.26. The standard InChI is InChI=1S/C17H22N4O3/c1-23-16-4-2-13(3-5-16)10-18-17(22)20-14-11-19-21(12-14)15-6-8-24-9-7-15/h2-5,11-12,15H,6-10H2,1H3,(H2,18,20,22). The van der Waals surface area contributed by atoms with E-state index in [9.17, 15) is 4.79 Å². The van der Waals surface area contributed by atoms with Gasteiger partial charge >= 0.3 is 6.03 Å². The smallest absolute Gasteiger partial charge is 0.319 e. The summed E-state index contributed by atoms with van der Waals surface area (Å²) < 4.78 is 12.4. The summed E-state index contributed by atoms with van der Waals surface area (Å²) in [7, 11) is 1.63. The van der Waals surface area contributed by atoms with E-state index in [-0.39, 0.29) is 6.03 Å². The molecule has 2 amide bonds. The number of aromatic nitrogens is 2. The number of carbonyl (C=O) groups excluding carboxylic acids is 1. The second-order valence-corrected chi connectivity index (χ2v) is 5.71. The van der Waals surface area contributed by atoms with Gasteiger partial charge in [0, 0.05) is 26.0 Å². The normalized spacial score (nSPS) is 15.0. The van der Waals surface area contributed by atoms with E-state index in [0.717, 1.165) is 37.4 Å². The van der Waals surface area contributed by atoms with Crippen molar-refractivity contribution < 1.29 is 14.3 Å². The fraction of sp³-hybridized carbons (Fsp3) is 0.412. The van der Waals surface area contributed by atoms with Crippen LogP contribution in [0.15, 0.2) is 36.7 Å². The van der Waals surface area contributed by atoms with Crippen LogP contribution in [0.5, 0.6) is 5.75 Å². The maximum Gasteiger partial charge on any atom is 0.319 e. The molecule has 1 aromatic carbocycles. The predicted molar refractivity (Wildman–Crippen MR) is 90.2 cm³/mol. The highest BCUT2D eigenvalue weighted by Gasteiger charge is 2.16. The summed E-state index contributed by atoms with van der Waals surface area (Å²) in [6.07, 6.45) is 5.43. The molecule has 2 heterocycles. The maximum absolute atomic E-state index is 12.0. The lowest BCUT2D eigenvalue weighted by Gasteiger charge is -2.22. The second-order valence-electron chi connectivity index (χ2n) is 5.71. The van der Waals surface area contributed by atoms with Crippen molar-refractivity contribution >= 4 is 11.7 Å². The summed E-state index contributed by atoms with van der Waals surface area (Å²) in [6, 6.07) is 7.67. The summed E-state index contributed by atoms with van der Waals surface area (Å²) in [5.41, 5.74) is 1.69. The monoisotopic (exact) mass is 330 g/mol. The van der Waals surface area contributed by atoms with Crippen LogP contribution in [0.3, 0.4) is 0 Å². The molecule has 3 rings (SSSR count). The third-order valence-electron chi connectivity index (χ3n) is 4.04. The van der Waals surface area contributed by atoms with E-state index in [1.165, 1.54) is 0 Å². The zero-order valence-electron chi connectivity index (χ0n) is 13.7. The number of amides is 2. The first kappa shape index (κ1) is 16.3. The molecule has 2 N–H and O–H groups in total. The van der Waals surface area contributed by atoms with Crippen molar-refractivity contribution in [2.24, 2.45) is 0 Å². The van der Waals surface area contributed by atoms with Gasteiger partial charge in [0.1, 0.15) is 5.75 Å². The first-order chi connectivity index (χ1) is 11.7. The number of urea groups is 1. The van der Waals surface area contributed by atoms with Crippen LogP contribution in [0.4, 0.5) is 10.5 Å². The van der Waals surface area contributed by atoms with Crippen LogP contribution in [-0.4, -0.2) is 36.1 Å². The van der Waals surface area contributed by atoms with Crippen molar-refractivity contribution in [1.29, 1.82) is 0 Å². The number of anilines is 1. The van der Waals surface area contributed by atoms with E-state index in [4.69, 9.17) is 9.47 Å². The number of hydrogen-bond donors (Lipinski definition) is 2. The van der Waals surface area contributed by atoms with Gasteiger partial charge < -0.3 is 20.1 Å². The Kier molecular flexibility index (Phi) is 5.32. The molecule has 0 aliphatic carbocycles. The van der Waals surface area contributed by atoms with Crippen LogP contribution < -0.4 is 15.4 Å². The van der Waals surface area contributed by atoms with Crippen molar-refractivity contribution in [1.82, 2.24) is 15.1 Å². The zero-order valence-corrected chi connectivity index (χ0v) is 13.7. The van der Waals surface area contributed by atoms with Gasteiger partial charge in [-0.1, -0.05) is 12.1 Å². The molecule has 2 aromatic rings. The van der Waals surface area contributed by atoms with E-state index in [1.54, 1.807) is 13.3 Å². The number of carbonyl (C=O) groups is 1. The van der Waals surface area contributed by atoms with Gasteiger partial charge in [-0.2, -0.15) is 5.10 Å². The Morgan fingerprint density at radius 3 is 2.79 bits per heavy atom. The molecule has 7 nitrogen and oxygen atoms in total. The molecule has 128 valence electrons. The number of nitrogens with zero attached hydrogens (tertiary/aromatic N) is 2. The van der Waals surface area contributed by atoms with Crippen molar-refractivity contribution in [3.63, 3.8) is 0 Å². The SMILES string of the molecule is COc1ccc(CNC(=O)Nc2cnn(C3CCOCC3)c2)cc1. The molecule has 7 heteroatoms. The average molecular weight is 330 g/mol. The van der Waals surface area contributed by atoms with Gasteiger partial charge in [-0.05, 0) is 30.5 Å². The Labute approximate surface area is 140 Å². The molecule has 0 saturated carbocycles. The highest BCUT2D eigenvalue weighted by molar-refractivity contribution is 5.88.